The Morgan fingerprint density at radius 1 is 0.913 bits per heavy atom. The summed E-state index contributed by atoms with van der Waals surface area (Å²) in [6.07, 6.45) is -2.54. The molecular weight excluding hydrogens is 352 g/mol. The van der Waals surface area contributed by atoms with Crippen molar-refractivity contribution in [3.8, 4) is 22.8 Å². The van der Waals surface area contributed by atoms with E-state index in [4.69, 9.17) is 23.2 Å². The van der Waals surface area contributed by atoms with Gasteiger partial charge in [0.1, 0.15) is 17.7 Å². The minimum absolute atomic E-state index is 0.000959. The molecule has 0 saturated heterocycles. The van der Waals surface area contributed by atoms with Gasteiger partial charge in [0.25, 0.3) is 0 Å². The largest absolute Gasteiger partial charge is 0.432 e. The highest BCUT2D eigenvalue weighted by molar-refractivity contribution is 6.42. The Kier molecular flexibility index (Phi) is 3.99. The molecule has 118 valence electrons. The fraction of sp³-hybridized carbons (Fsp3) is 0.0714. The average molecular weight is 359 g/mol. The van der Waals surface area contributed by atoms with E-state index in [9.17, 15) is 13.2 Å². The average Bonchev–Trinajstić information content (AvgIpc) is 3.00. The van der Waals surface area contributed by atoms with E-state index in [0.29, 0.717) is 21.3 Å². The molecule has 0 aliphatic rings. The summed E-state index contributed by atoms with van der Waals surface area (Å²) < 4.78 is 37.8. The van der Waals surface area contributed by atoms with E-state index in [1.807, 2.05) is 0 Å². The third-order valence-corrected chi connectivity index (χ3v) is 3.75. The fourth-order valence-electron chi connectivity index (χ4n) is 1.90. The summed E-state index contributed by atoms with van der Waals surface area (Å²) >= 11 is 11.8. The van der Waals surface area contributed by atoms with Crippen LogP contribution in [-0.4, -0.2) is 19.9 Å². The van der Waals surface area contributed by atoms with E-state index in [-0.39, 0.29) is 11.5 Å². The first kappa shape index (κ1) is 15.8. The number of rotatable bonds is 2. The van der Waals surface area contributed by atoms with Crippen LogP contribution in [0, 0.1) is 0 Å². The summed E-state index contributed by atoms with van der Waals surface area (Å²) in [7, 11) is 0. The molecule has 2 heterocycles. The standard InChI is InChI=1S/C14H7Cl2F3N4/c15-8-2-1-7(3-9(8)16)10-4-11(22-6-21-10)13-20-5-12(23-13)14(17,18)19/h1-6H,(H,20,23). The second-order valence-electron chi connectivity index (χ2n) is 4.56. The van der Waals surface area contributed by atoms with Crippen molar-refractivity contribution in [3.63, 3.8) is 0 Å². The van der Waals surface area contributed by atoms with Gasteiger partial charge in [0, 0.05) is 5.56 Å². The molecule has 0 atom stereocenters. The number of H-pyrrole nitrogens is 1. The minimum Gasteiger partial charge on any atom is -0.333 e. The molecule has 0 aliphatic carbocycles. The Hall–Kier alpha value is -2.12. The molecule has 1 N–H and O–H groups in total. The number of hydrogen-bond donors (Lipinski definition) is 1. The van der Waals surface area contributed by atoms with Gasteiger partial charge in [-0.2, -0.15) is 13.2 Å². The van der Waals surface area contributed by atoms with Crippen molar-refractivity contribution in [2.75, 3.05) is 0 Å². The molecular formula is C14H7Cl2F3N4. The Morgan fingerprint density at radius 2 is 1.65 bits per heavy atom. The zero-order valence-electron chi connectivity index (χ0n) is 11.2. The normalized spacial score (nSPS) is 11.7. The molecule has 0 saturated carbocycles. The van der Waals surface area contributed by atoms with Crippen molar-refractivity contribution in [3.05, 3.63) is 52.5 Å². The molecule has 2 aromatic heterocycles. The molecule has 0 amide bonds. The van der Waals surface area contributed by atoms with Crippen LogP contribution >= 0.6 is 23.2 Å². The SMILES string of the molecule is FC(F)(F)c1cnc(-c2cc(-c3ccc(Cl)c(Cl)c3)ncn2)[nH]1. The molecule has 3 rings (SSSR count). The molecule has 9 heteroatoms. The third kappa shape index (κ3) is 3.30. The number of nitrogens with one attached hydrogen (secondary N) is 1. The first-order chi connectivity index (χ1) is 10.8. The number of halogens is 5. The Labute approximate surface area is 138 Å². The summed E-state index contributed by atoms with van der Waals surface area (Å²) in [5.74, 6) is 0.000959. The van der Waals surface area contributed by atoms with Crippen LogP contribution in [-0.2, 0) is 6.18 Å². The fourth-order valence-corrected chi connectivity index (χ4v) is 2.19. The van der Waals surface area contributed by atoms with Gasteiger partial charge in [-0.1, -0.05) is 29.3 Å². The molecule has 23 heavy (non-hydrogen) atoms. The van der Waals surface area contributed by atoms with Gasteiger partial charge >= 0.3 is 6.18 Å². The van der Waals surface area contributed by atoms with Crippen molar-refractivity contribution in [2.45, 2.75) is 6.18 Å². The zero-order chi connectivity index (χ0) is 16.6. The topological polar surface area (TPSA) is 54.5 Å². The van der Waals surface area contributed by atoms with Crippen molar-refractivity contribution < 1.29 is 13.2 Å². The van der Waals surface area contributed by atoms with Gasteiger partial charge in [0.05, 0.1) is 21.9 Å². The molecule has 3 aromatic rings. The van der Waals surface area contributed by atoms with Crippen molar-refractivity contribution in [1.29, 1.82) is 0 Å². The number of benzene rings is 1. The summed E-state index contributed by atoms with van der Waals surface area (Å²) in [6.45, 7) is 0. The Balaban J connectivity index is 1.99. The number of nitrogens with zero attached hydrogens (tertiary/aromatic N) is 3. The molecule has 0 radical (unpaired) electrons. The smallest absolute Gasteiger partial charge is 0.333 e. The lowest BCUT2D eigenvalue weighted by molar-refractivity contribution is -0.140. The first-order valence-corrected chi connectivity index (χ1v) is 7.00. The lowest BCUT2D eigenvalue weighted by Crippen LogP contribution is -2.04. The maximum atomic E-state index is 12.6. The molecule has 0 fully saturated rings. The molecule has 0 bridgehead atoms. The van der Waals surface area contributed by atoms with Gasteiger partial charge in [-0.25, -0.2) is 15.0 Å². The van der Waals surface area contributed by atoms with Crippen LogP contribution in [0.5, 0.6) is 0 Å². The zero-order valence-corrected chi connectivity index (χ0v) is 12.7. The third-order valence-electron chi connectivity index (χ3n) is 3.01. The van der Waals surface area contributed by atoms with Crippen LogP contribution in [0.25, 0.3) is 22.8 Å². The number of imidazole rings is 1. The monoisotopic (exact) mass is 358 g/mol. The lowest BCUT2D eigenvalue weighted by atomic mass is 10.1. The number of hydrogen-bond acceptors (Lipinski definition) is 3. The molecule has 0 aliphatic heterocycles. The van der Waals surface area contributed by atoms with Gasteiger partial charge in [-0.05, 0) is 18.2 Å². The van der Waals surface area contributed by atoms with Crippen LogP contribution in [0.1, 0.15) is 5.69 Å². The van der Waals surface area contributed by atoms with E-state index in [1.165, 1.54) is 12.4 Å². The van der Waals surface area contributed by atoms with Crippen LogP contribution in [0.4, 0.5) is 13.2 Å². The highest BCUT2D eigenvalue weighted by Gasteiger charge is 2.33. The van der Waals surface area contributed by atoms with Gasteiger partial charge in [0.15, 0.2) is 5.82 Å². The second kappa shape index (κ2) is 5.82. The van der Waals surface area contributed by atoms with Crippen molar-refractivity contribution in [1.82, 2.24) is 19.9 Å². The molecule has 4 nitrogen and oxygen atoms in total. The predicted octanol–water partition coefficient (Wildman–Crippen LogP) is 4.86. The summed E-state index contributed by atoms with van der Waals surface area (Å²) in [6, 6.07) is 6.43. The highest BCUT2D eigenvalue weighted by Crippen LogP contribution is 2.31. The van der Waals surface area contributed by atoms with Crippen LogP contribution in [0.3, 0.4) is 0 Å². The van der Waals surface area contributed by atoms with Crippen molar-refractivity contribution >= 4 is 23.2 Å². The summed E-state index contributed by atoms with van der Waals surface area (Å²) in [5, 5.41) is 0.743. The van der Waals surface area contributed by atoms with E-state index < -0.39 is 11.9 Å². The van der Waals surface area contributed by atoms with E-state index in [2.05, 4.69) is 19.9 Å². The maximum Gasteiger partial charge on any atom is 0.432 e. The molecule has 0 spiro atoms. The van der Waals surface area contributed by atoms with Crippen molar-refractivity contribution in [2.24, 2.45) is 0 Å². The highest BCUT2D eigenvalue weighted by atomic mass is 35.5. The number of aromatic nitrogens is 4. The van der Waals surface area contributed by atoms with Gasteiger partial charge < -0.3 is 4.98 Å². The first-order valence-electron chi connectivity index (χ1n) is 6.24. The van der Waals surface area contributed by atoms with Crippen LogP contribution in [0.15, 0.2) is 36.8 Å². The predicted molar refractivity (Wildman–Crippen MR) is 80.1 cm³/mol. The van der Waals surface area contributed by atoms with Gasteiger partial charge in [-0.15, -0.1) is 0 Å². The minimum atomic E-state index is -4.50. The Morgan fingerprint density at radius 3 is 2.30 bits per heavy atom. The maximum absolute atomic E-state index is 12.6. The Bertz CT molecular complexity index is 861. The lowest BCUT2D eigenvalue weighted by Gasteiger charge is -2.04. The van der Waals surface area contributed by atoms with Crippen LogP contribution in [0.2, 0.25) is 10.0 Å². The van der Waals surface area contributed by atoms with Gasteiger partial charge in [0.2, 0.25) is 0 Å². The van der Waals surface area contributed by atoms with Crippen LogP contribution < -0.4 is 0 Å². The number of aromatic amines is 1. The summed E-state index contributed by atoms with van der Waals surface area (Å²) in [5.41, 5.74) is 0.433. The quantitative estimate of drug-likeness (QED) is 0.711. The second-order valence-corrected chi connectivity index (χ2v) is 5.38. The summed E-state index contributed by atoms with van der Waals surface area (Å²) in [4.78, 5) is 13.9. The van der Waals surface area contributed by atoms with E-state index in [1.54, 1.807) is 18.2 Å². The van der Waals surface area contributed by atoms with Gasteiger partial charge in [-0.3, -0.25) is 0 Å². The molecule has 1 aromatic carbocycles. The molecule has 0 unspecified atom stereocenters. The number of alkyl halides is 3. The van der Waals surface area contributed by atoms with E-state index in [0.717, 1.165) is 6.20 Å². The van der Waals surface area contributed by atoms with E-state index >= 15 is 0 Å².